The van der Waals surface area contributed by atoms with E-state index in [0.29, 0.717) is 5.88 Å². The first-order valence-corrected chi connectivity index (χ1v) is 8.14. The van der Waals surface area contributed by atoms with Crippen molar-refractivity contribution < 1.29 is 9.53 Å². The molecule has 1 atom stereocenters. The summed E-state index contributed by atoms with van der Waals surface area (Å²) >= 11 is 0. The Kier molecular flexibility index (Phi) is 4.60. The third kappa shape index (κ3) is 3.52. The normalized spacial score (nSPS) is 17.5. The lowest BCUT2D eigenvalue weighted by Crippen LogP contribution is -2.30. The molecule has 0 saturated carbocycles. The predicted octanol–water partition coefficient (Wildman–Crippen LogP) is 3.85. The molecule has 2 aromatic rings. The van der Waals surface area contributed by atoms with Gasteiger partial charge in [-0.25, -0.2) is 4.98 Å². The molecule has 23 heavy (non-hydrogen) atoms. The maximum atomic E-state index is 12.7. The smallest absolute Gasteiger partial charge is 0.254 e. The summed E-state index contributed by atoms with van der Waals surface area (Å²) in [6.07, 6.45) is 3.94. The molecule has 3 rings (SSSR count). The number of hydrogen-bond donors (Lipinski definition) is 0. The standard InChI is InChI=1S/C19H22N2O2/c1-14(2)23-18-11-10-16(13-20-18)17-9-6-12-21(17)19(22)15-7-4-3-5-8-15/h3-5,7-8,10-11,13-14,17H,6,9,12H2,1-2H3/t17-/m1/s1. The Morgan fingerprint density at radius 2 is 2.00 bits per heavy atom. The van der Waals surface area contributed by atoms with Gasteiger partial charge in [-0.2, -0.15) is 0 Å². The van der Waals surface area contributed by atoms with Crippen LogP contribution in [0.25, 0.3) is 0 Å². The number of nitrogens with zero attached hydrogens (tertiary/aromatic N) is 2. The molecule has 1 aromatic heterocycles. The molecule has 4 nitrogen and oxygen atoms in total. The van der Waals surface area contributed by atoms with Gasteiger partial charge < -0.3 is 9.64 Å². The second-order valence-corrected chi connectivity index (χ2v) is 6.12. The number of likely N-dealkylation sites (tertiary alicyclic amines) is 1. The van der Waals surface area contributed by atoms with E-state index in [4.69, 9.17) is 4.74 Å². The molecule has 0 bridgehead atoms. The molecule has 4 heteroatoms. The summed E-state index contributed by atoms with van der Waals surface area (Å²) in [4.78, 5) is 19.0. The summed E-state index contributed by atoms with van der Waals surface area (Å²) in [5.41, 5.74) is 1.81. The first kappa shape index (κ1) is 15.5. The van der Waals surface area contributed by atoms with Crippen molar-refractivity contribution in [3.8, 4) is 5.88 Å². The third-order valence-corrected chi connectivity index (χ3v) is 4.03. The summed E-state index contributed by atoms with van der Waals surface area (Å²) in [7, 11) is 0. The van der Waals surface area contributed by atoms with Gasteiger partial charge in [-0.1, -0.05) is 24.3 Å². The molecule has 1 aromatic carbocycles. The zero-order valence-electron chi connectivity index (χ0n) is 13.6. The van der Waals surface area contributed by atoms with E-state index < -0.39 is 0 Å². The van der Waals surface area contributed by atoms with Crippen LogP contribution in [0.5, 0.6) is 5.88 Å². The van der Waals surface area contributed by atoms with Crippen LogP contribution in [0.3, 0.4) is 0 Å². The van der Waals surface area contributed by atoms with Crippen LogP contribution in [0.2, 0.25) is 0 Å². The van der Waals surface area contributed by atoms with Gasteiger partial charge in [-0.15, -0.1) is 0 Å². The third-order valence-electron chi connectivity index (χ3n) is 4.03. The highest BCUT2D eigenvalue weighted by molar-refractivity contribution is 5.94. The molecule has 0 spiro atoms. The van der Waals surface area contributed by atoms with Crippen molar-refractivity contribution in [1.29, 1.82) is 0 Å². The zero-order chi connectivity index (χ0) is 16.2. The molecule has 1 aliphatic heterocycles. The Balaban J connectivity index is 1.77. The fraction of sp³-hybridized carbons (Fsp3) is 0.368. The Hall–Kier alpha value is -2.36. The van der Waals surface area contributed by atoms with Crippen molar-refractivity contribution >= 4 is 5.91 Å². The maximum absolute atomic E-state index is 12.7. The molecular weight excluding hydrogens is 288 g/mol. The quantitative estimate of drug-likeness (QED) is 0.861. The predicted molar refractivity (Wildman–Crippen MR) is 89.5 cm³/mol. The van der Waals surface area contributed by atoms with Crippen molar-refractivity contribution in [2.24, 2.45) is 0 Å². The molecule has 0 N–H and O–H groups in total. The maximum Gasteiger partial charge on any atom is 0.254 e. The van der Waals surface area contributed by atoms with Gasteiger partial charge in [0.15, 0.2) is 0 Å². The number of carbonyl (C=O) groups excluding carboxylic acids is 1. The Bertz CT molecular complexity index is 653. The van der Waals surface area contributed by atoms with Gasteiger partial charge in [0.05, 0.1) is 12.1 Å². The number of carbonyl (C=O) groups is 1. The van der Waals surface area contributed by atoms with Crippen LogP contribution in [-0.2, 0) is 0 Å². The van der Waals surface area contributed by atoms with E-state index in [-0.39, 0.29) is 18.1 Å². The molecule has 1 fully saturated rings. The number of benzene rings is 1. The van der Waals surface area contributed by atoms with Crippen LogP contribution in [0.4, 0.5) is 0 Å². The molecule has 1 aliphatic rings. The van der Waals surface area contributed by atoms with Crippen LogP contribution >= 0.6 is 0 Å². The number of hydrogen-bond acceptors (Lipinski definition) is 3. The lowest BCUT2D eigenvalue weighted by Gasteiger charge is -2.25. The van der Waals surface area contributed by atoms with E-state index in [1.807, 2.05) is 67.4 Å². The van der Waals surface area contributed by atoms with Crippen molar-refractivity contribution in [3.05, 3.63) is 59.8 Å². The van der Waals surface area contributed by atoms with E-state index in [1.54, 1.807) is 0 Å². The highest BCUT2D eigenvalue weighted by Crippen LogP contribution is 2.33. The monoisotopic (exact) mass is 310 g/mol. The molecular formula is C19H22N2O2. The topological polar surface area (TPSA) is 42.4 Å². The van der Waals surface area contributed by atoms with Crippen molar-refractivity contribution in [2.45, 2.75) is 38.8 Å². The van der Waals surface area contributed by atoms with Crippen molar-refractivity contribution in [3.63, 3.8) is 0 Å². The van der Waals surface area contributed by atoms with Gasteiger partial charge in [0.1, 0.15) is 0 Å². The van der Waals surface area contributed by atoms with E-state index in [0.717, 1.165) is 30.5 Å². The van der Waals surface area contributed by atoms with Gasteiger partial charge in [-0.3, -0.25) is 4.79 Å². The summed E-state index contributed by atoms with van der Waals surface area (Å²) < 4.78 is 5.58. The van der Waals surface area contributed by atoms with E-state index >= 15 is 0 Å². The van der Waals surface area contributed by atoms with E-state index in [2.05, 4.69) is 4.98 Å². The summed E-state index contributed by atoms with van der Waals surface area (Å²) in [5, 5.41) is 0. The highest BCUT2D eigenvalue weighted by atomic mass is 16.5. The average molecular weight is 310 g/mol. The Morgan fingerprint density at radius 3 is 2.65 bits per heavy atom. The fourth-order valence-electron chi connectivity index (χ4n) is 3.00. The van der Waals surface area contributed by atoms with Crippen LogP contribution in [0.1, 0.15) is 48.7 Å². The lowest BCUT2D eigenvalue weighted by molar-refractivity contribution is 0.0735. The van der Waals surface area contributed by atoms with Gasteiger partial charge in [0.25, 0.3) is 5.91 Å². The molecule has 0 aliphatic carbocycles. The SMILES string of the molecule is CC(C)Oc1ccc([C@H]2CCCN2C(=O)c2ccccc2)cn1. The lowest BCUT2D eigenvalue weighted by atomic mass is 10.1. The first-order chi connectivity index (χ1) is 11.1. The summed E-state index contributed by atoms with van der Waals surface area (Å²) in [5.74, 6) is 0.721. The Labute approximate surface area is 137 Å². The molecule has 2 heterocycles. The van der Waals surface area contributed by atoms with Gasteiger partial charge in [0, 0.05) is 24.4 Å². The molecule has 0 radical (unpaired) electrons. The number of pyridine rings is 1. The minimum Gasteiger partial charge on any atom is -0.475 e. The minimum atomic E-state index is 0.0932. The molecule has 1 amide bonds. The number of amides is 1. The van der Waals surface area contributed by atoms with Gasteiger partial charge in [0.2, 0.25) is 5.88 Å². The van der Waals surface area contributed by atoms with Crippen LogP contribution in [0.15, 0.2) is 48.7 Å². The fourth-order valence-corrected chi connectivity index (χ4v) is 3.00. The summed E-state index contributed by atoms with van der Waals surface area (Å²) in [6, 6.07) is 13.5. The molecule has 1 saturated heterocycles. The van der Waals surface area contributed by atoms with Crippen LogP contribution < -0.4 is 4.74 Å². The number of rotatable bonds is 4. The van der Waals surface area contributed by atoms with Gasteiger partial charge >= 0.3 is 0 Å². The Morgan fingerprint density at radius 1 is 1.22 bits per heavy atom. The highest BCUT2D eigenvalue weighted by Gasteiger charge is 2.30. The van der Waals surface area contributed by atoms with Crippen molar-refractivity contribution in [1.82, 2.24) is 9.88 Å². The van der Waals surface area contributed by atoms with Gasteiger partial charge in [-0.05, 0) is 44.4 Å². The van der Waals surface area contributed by atoms with E-state index in [9.17, 15) is 4.79 Å². The van der Waals surface area contributed by atoms with Crippen LogP contribution in [0, 0.1) is 0 Å². The first-order valence-electron chi connectivity index (χ1n) is 8.14. The number of ether oxygens (including phenoxy) is 1. The van der Waals surface area contributed by atoms with E-state index in [1.165, 1.54) is 0 Å². The summed E-state index contributed by atoms with van der Waals surface area (Å²) in [6.45, 7) is 4.75. The van der Waals surface area contributed by atoms with Crippen LogP contribution in [-0.4, -0.2) is 28.4 Å². The van der Waals surface area contributed by atoms with Crippen molar-refractivity contribution in [2.75, 3.05) is 6.54 Å². The average Bonchev–Trinajstić information content (AvgIpc) is 3.05. The molecule has 120 valence electrons. The zero-order valence-corrected chi connectivity index (χ0v) is 13.6. The molecule has 0 unspecified atom stereocenters. The second kappa shape index (κ2) is 6.82. The second-order valence-electron chi connectivity index (χ2n) is 6.12. The largest absolute Gasteiger partial charge is 0.475 e. The number of aromatic nitrogens is 1. The minimum absolute atomic E-state index is 0.0932.